The number of hydrogen-bond acceptors (Lipinski definition) is 7. The van der Waals surface area contributed by atoms with Crippen molar-refractivity contribution in [3.63, 3.8) is 0 Å². The Kier molecular flexibility index (Phi) is 6.97. The summed E-state index contributed by atoms with van der Waals surface area (Å²) in [4.78, 5) is 28.4. The first kappa shape index (κ1) is 23.1. The predicted molar refractivity (Wildman–Crippen MR) is 121 cm³/mol. The number of nitrogens with one attached hydrogen (secondary N) is 1. The summed E-state index contributed by atoms with van der Waals surface area (Å²) < 4.78 is 12.1. The minimum Gasteiger partial charge on any atom is -0.463 e. The molecule has 2 aromatic rings. The van der Waals surface area contributed by atoms with Crippen LogP contribution in [-0.2, 0) is 27.4 Å². The topological polar surface area (TPSA) is 121 Å². The number of rotatable bonds is 6. The Hall–Kier alpha value is -3.62. The second kappa shape index (κ2) is 9.67. The predicted octanol–water partition coefficient (Wildman–Crippen LogP) is 3.30. The molecule has 1 aliphatic heterocycles. The maximum Gasteiger partial charge on any atom is 0.407 e. The molecule has 0 spiro atoms. The van der Waals surface area contributed by atoms with Gasteiger partial charge in [-0.3, -0.25) is 4.68 Å². The van der Waals surface area contributed by atoms with Crippen LogP contribution in [0.5, 0.6) is 0 Å². The Labute approximate surface area is 187 Å². The zero-order chi connectivity index (χ0) is 23.3. The molecule has 1 aliphatic rings. The van der Waals surface area contributed by atoms with E-state index in [-0.39, 0.29) is 13.0 Å². The molecule has 0 saturated heterocycles. The average Bonchev–Trinajstić information content (AvgIpc) is 2.97. The highest BCUT2D eigenvalue weighted by molar-refractivity contribution is 6.02. The van der Waals surface area contributed by atoms with Gasteiger partial charge in [0, 0.05) is 18.5 Å². The summed E-state index contributed by atoms with van der Waals surface area (Å²) in [6.45, 7) is 8.36. The van der Waals surface area contributed by atoms with Crippen LogP contribution in [0.1, 0.15) is 50.9 Å². The van der Waals surface area contributed by atoms with E-state index in [0.717, 1.165) is 11.1 Å². The Bertz CT molecular complexity index is 1050. The summed E-state index contributed by atoms with van der Waals surface area (Å²) >= 11 is 0. The molecular weight excluding hydrogens is 410 g/mol. The van der Waals surface area contributed by atoms with Crippen LogP contribution >= 0.6 is 0 Å². The molecular formula is C23H29N5O4. The Morgan fingerprint density at radius 1 is 1.19 bits per heavy atom. The number of nitrogens with two attached hydrogens (primary N) is 1. The molecule has 0 bridgehead atoms. The van der Waals surface area contributed by atoms with Crippen molar-refractivity contribution < 1.29 is 19.1 Å². The van der Waals surface area contributed by atoms with Crippen molar-refractivity contribution >= 4 is 29.7 Å². The molecule has 9 nitrogen and oxygen atoms in total. The second-order valence-corrected chi connectivity index (χ2v) is 8.41. The van der Waals surface area contributed by atoms with Crippen LogP contribution in [-0.4, -0.2) is 39.9 Å². The minimum atomic E-state index is -0.536. The highest BCUT2D eigenvalue weighted by Gasteiger charge is 2.20. The number of ether oxygens (including phenoxy) is 2. The number of nitrogens with zero attached hydrogens (tertiary/aromatic N) is 3. The third-order valence-electron chi connectivity index (χ3n) is 4.54. The number of aliphatic imine (C=N–C) groups is 1. The van der Waals surface area contributed by atoms with Crippen molar-refractivity contribution in [1.82, 2.24) is 15.1 Å². The fourth-order valence-electron chi connectivity index (χ4n) is 3.13. The van der Waals surface area contributed by atoms with Crippen LogP contribution < -0.4 is 11.1 Å². The Morgan fingerprint density at radius 3 is 2.53 bits per heavy atom. The van der Waals surface area contributed by atoms with E-state index >= 15 is 0 Å². The van der Waals surface area contributed by atoms with Crippen molar-refractivity contribution in [3.8, 4) is 0 Å². The summed E-state index contributed by atoms with van der Waals surface area (Å²) in [7, 11) is 0. The molecule has 1 amide bonds. The lowest BCUT2D eigenvalue weighted by molar-refractivity contribution is -0.138. The van der Waals surface area contributed by atoms with Crippen LogP contribution in [0, 0.1) is 0 Å². The first-order valence-electron chi connectivity index (χ1n) is 10.5. The SMILES string of the molecule is CCOC(=O)C1=Cc2c(cnn2Cc2ccc(CNC(=O)OC(C)(C)C)cc2)N=C(N)C1. The first-order chi connectivity index (χ1) is 15.1. The van der Waals surface area contributed by atoms with Crippen molar-refractivity contribution in [2.75, 3.05) is 6.61 Å². The molecule has 0 aliphatic carbocycles. The van der Waals surface area contributed by atoms with E-state index in [1.807, 2.05) is 45.0 Å². The number of alkyl carbamates (subject to hydrolysis) is 1. The highest BCUT2D eigenvalue weighted by atomic mass is 16.6. The van der Waals surface area contributed by atoms with Gasteiger partial charge in [0.1, 0.15) is 17.1 Å². The van der Waals surface area contributed by atoms with Crippen LogP contribution in [0.15, 0.2) is 41.0 Å². The number of amides is 1. The molecule has 9 heteroatoms. The lowest BCUT2D eigenvalue weighted by atomic mass is 10.1. The number of amidine groups is 1. The largest absolute Gasteiger partial charge is 0.463 e. The van der Waals surface area contributed by atoms with Crippen LogP contribution in [0.4, 0.5) is 10.5 Å². The van der Waals surface area contributed by atoms with E-state index in [9.17, 15) is 9.59 Å². The van der Waals surface area contributed by atoms with Crippen molar-refractivity contribution in [2.45, 2.75) is 52.8 Å². The molecule has 3 N–H and O–H groups in total. The van der Waals surface area contributed by atoms with Gasteiger partial charge in [-0.1, -0.05) is 24.3 Å². The fourth-order valence-corrected chi connectivity index (χ4v) is 3.13. The van der Waals surface area contributed by atoms with Gasteiger partial charge in [0.25, 0.3) is 0 Å². The molecule has 1 aromatic heterocycles. The Morgan fingerprint density at radius 2 is 1.88 bits per heavy atom. The van der Waals surface area contributed by atoms with Gasteiger partial charge in [0.15, 0.2) is 0 Å². The standard InChI is InChI=1S/C23H29N5O4/c1-5-31-21(29)17-10-19-18(27-20(24)11-17)13-26-28(19)14-16-8-6-15(7-9-16)12-25-22(30)32-23(2,3)4/h6-10,13H,5,11-12,14H2,1-4H3,(H2,24,27)(H,25,30). The van der Waals surface area contributed by atoms with E-state index in [2.05, 4.69) is 15.4 Å². The molecule has 0 unspecified atom stereocenters. The number of esters is 1. The molecule has 1 aromatic carbocycles. The van der Waals surface area contributed by atoms with Crippen LogP contribution in [0.3, 0.4) is 0 Å². The average molecular weight is 440 g/mol. The van der Waals surface area contributed by atoms with Crippen LogP contribution in [0.25, 0.3) is 6.08 Å². The minimum absolute atomic E-state index is 0.229. The summed E-state index contributed by atoms with van der Waals surface area (Å²) in [6.07, 6.45) is 3.14. The number of carbonyl (C=O) groups is 2. The number of fused-ring (bicyclic) bond motifs is 1. The van der Waals surface area contributed by atoms with Gasteiger partial charge < -0.3 is 20.5 Å². The normalized spacial score (nSPS) is 13.4. The highest BCUT2D eigenvalue weighted by Crippen LogP contribution is 2.27. The molecule has 0 saturated carbocycles. The fraction of sp³-hybridized carbons (Fsp3) is 0.391. The molecule has 32 heavy (non-hydrogen) atoms. The van der Waals surface area contributed by atoms with Crippen molar-refractivity contribution in [1.29, 1.82) is 0 Å². The first-order valence-corrected chi connectivity index (χ1v) is 10.5. The summed E-state index contributed by atoms with van der Waals surface area (Å²) in [5.41, 5.74) is 9.13. The molecule has 0 atom stereocenters. The van der Waals surface area contributed by atoms with Gasteiger partial charge in [-0.2, -0.15) is 5.10 Å². The zero-order valence-corrected chi connectivity index (χ0v) is 18.8. The van der Waals surface area contributed by atoms with Crippen LogP contribution in [0.2, 0.25) is 0 Å². The second-order valence-electron chi connectivity index (χ2n) is 8.41. The number of carbonyl (C=O) groups excluding carboxylic acids is 2. The molecule has 170 valence electrons. The summed E-state index contributed by atoms with van der Waals surface area (Å²) in [6, 6.07) is 7.80. The molecule has 2 heterocycles. The van der Waals surface area contributed by atoms with E-state index < -0.39 is 17.7 Å². The third-order valence-corrected chi connectivity index (χ3v) is 4.54. The Balaban J connectivity index is 1.71. The van der Waals surface area contributed by atoms with E-state index in [4.69, 9.17) is 15.2 Å². The van der Waals surface area contributed by atoms with Crippen molar-refractivity contribution in [3.05, 3.63) is 52.9 Å². The quantitative estimate of drug-likeness (QED) is 0.666. The van der Waals surface area contributed by atoms with Gasteiger partial charge in [0.2, 0.25) is 0 Å². The van der Waals surface area contributed by atoms with Gasteiger partial charge in [-0.15, -0.1) is 0 Å². The number of benzene rings is 1. The number of hydrogen-bond donors (Lipinski definition) is 2. The molecule has 3 rings (SSSR count). The van der Waals surface area contributed by atoms with Gasteiger partial charge >= 0.3 is 12.1 Å². The van der Waals surface area contributed by atoms with E-state index in [1.165, 1.54) is 0 Å². The monoisotopic (exact) mass is 439 g/mol. The summed E-state index contributed by atoms with van der Waals surface area (Å²) in [5, 5.41) is 7.15. The lowest BCUT2D eigenvalue weighted by Crippen LogP contribution is -2.32. The van der Waals surface area contributed by atoms with Crippen molar-refractivity contribution in [2.24, 2.45) is 10.7 Å². The van der Waals surface area contributed by atoms with Gasteiger partial charge in [-0.25, -0.2) is 14.6 Å². The maximum atomic E-state index is 12.3. The smallest absolute Gasteiger partial charge is 0.407 e. The molecule has 0 fully saturated rings. The van der Waals surface area contributed by atoms with E-state index in [0.29, 0.717) is 35.9 Å². The van der Waals surface area contributed by atoms with Gasteiger partial charge in [-0.05, 0) is 44.9 Å². The third kappa shape index (κ3) is 6.19. The lowest BCUT2D eigenvalue weighted by Gasteiger charge is -2.19. The molecule has 0 radical (unpaired) electrons. The van der Waals surface area contributed by atoms with Gasteiger partial charge in [0.05, 0.1) is 25.0 Å². The van der Waals surface area contributed by atoms with E-state index in [1.54, 1.807) is 23.9 Å². The number of aromatic nitrogens is 2. The maximum absolute atomic E-state index is 12.3. The summed E-state index contributed by atoms with van der Waals surface area (Å²) in [5.74, 6) is -0.0717. The zero-order valence-electron chi connectivity index (χ0n) is 18.8.